The Morgan fingerprint density at radius 1 is 0.930 bits per heavy atom. The molecule has 1 fully saturated rings. The number of aliphatic hydroxyl groups is 1. The summed E-state index contributed by atoms with van der Waals surface area (Å²) in [5.74, 6) is -1.24. The number of amides is 3. The molecule has 4 atom stereocenters. The van der Waals surface area contributed by atoms with E-state index in [9.17, 15) is 24.1 Å². The molecule has 3 amide bonds. The number of benzene rings is 1. The highest BCUT2D eigenvalue weighted by molar-refractivity contribution is 7.59. The van der Waals surface area contributed by atoms with Crippen LogP contribution < -0.4 is 16.0 Å². The highest BCUT2D eigenvalue weighted by Crippen LogP contribution is 2.51. The minimum absolute atomic E-state index is 0.0649. The molecule has 0 aliphatic heterocycles. The number of hydrogen-bond donors (Lipinski definition) is 4. The first-order valence-corrected chi connectivity index (χ1v) is 17.6. The van der Waals surface area contributed by atoms with Crippen molar-refractivity contribution in [2.75, 3.05) is 18.9 Å². The first-order valence-electron chi connectivity index (χ1n) is 15.6. The van der Waals surface area contributed by atoms with E-state index in [0.29, 0.717) is 12.1 Å². The SMILES string of the molecule is CC(C)C(NC(=O)OC(C)(C)C)C(=O)NC(C(=O)NCC(O)CP(=O)(CC1CCCCC1)OCc1ccccc1)C(C)C. The lowest BCUT2D eigenvalue weighted by Crippen LogP contribution is -2.57. The van der Waals surface area contributed by atoms with Gasteiger partial charge in [0.25, 0.3) is 0 Å². The second kappa shape index (κ2) is 17.2. The fourth-order valence-corrected chi connectivity index (χ4v) is 7.84. The Hall–Kier alpha value is -2.42. The summed E-state index contributed by atoms with van der Waals surface area (Å²) < 4.78 is 25.3. The van der Waals surface area contributed by atoms with Crippen LogP contribution in [0.2, 0.25) is 0 Å². The minimum Gasteiger partial charge on any atom is -0.444 e. The number of alkyl carbamates (subject to hydrolysis) is 1. The maximum Gasteiger partial charge on any atom is 0.408 e. The van der Waals surface area contributed by atoms with Crippen molar-refractivity contribution in [3.8, 4) is 0 Å². The summed E-state index contributed by atoms with van der Waals surface area (Å²) in [4.78, 5) is 38.6. The van der Waals surface area contributed by atoms with Gasteiger partial charge in [-0.2, -0.15) is 0 Å². The molecule has 43 heavy (non-hydrogen) atoms. The molecule has 0 saturated heterocycles. The number of rotatable bonds is 15. The van der Waals surface area contributed by atoms with Gasteiger partial charge in [-0.25, -0.2) is 4.79 Å². The lowest BCUT2D eigenvalue weighted by atomic mass is 9.91. The van der Waals surface area contributed by atoms with E-state index in [1.165, 1.54) is 6.42 Å². The topological polar surface area (TPSA) is 143 Å². The zero-order chi connectivity index (χ0) is 32.2. The van der Waals surface area contributed by atoms with Gasteiger partial charge >= 0.3 is 6.09 Å². The summed E-state index contributed by atoms with van der Waals surface area (Å²) >= 11 is 0. The molecule has 4 unspecified atom stereocenters. The van der Waals surface area contributed by atoms with Crippen molar-refractivity contribution in [2.45, 2.75) is 111 Å². The Morgan fingerprint density at radius 3 is 2.07 bits per heavy atom. The first kappa shape index (κ1) is 36.8. The Balaban J connectivity index is 2.01. The monoisotopic (exact) mass is 623 g/mol. The van der Waals surface area contributed by atoms with Gasteiger partial charge in [-0.1, -0.05) is 77.3 Å². The third-order valence-corrected chi connectivity index (χ3v) is 10.1. The van der Waals surface area contributed by atoms with E-state index < -0.39 is 49.1 Å². The lowest BCUT2D eigenvalue weighted by molar-refractivity contribution is -0.131. The van der Waals surface area contributed by atoms with E-state index in [1.807, 2.05) is 30.3 Å². The van der Waals surface area contributed by atoms with Crippen LogP contribution in [0.3, 0.4) is 0 Å². The molecule has 1 saturated carbocycles. The third kappa shape index (κ3) is 13.8. The second-order valence-corrected chi connectivity index (χ2v) is 16.1. The van der Waals surface area contributed by atoms with Crippen LogP contribution in [-0.4, -0.2) is 65.7 Å². The zero-order valence-electron chi connectivity index (χ0n) is 27.1. The van der Waals surface area contributed by atoms with Gasteiger partial charge in [0.05, 0.1) is 18.9 Å². The van der Waals surface area contributed by atoms with Crippen LogP contribution in [-0.2, 0) is 30.0 Å². The van der Waals surface area contributed by atoms with Crippen LogP contribution in [0.15, 0.2) is 30.3 Å². The standard InChI is InChI=1S/C32H54N3O7P/c1-22(2)27(34-30(38)28(23(3)4)35-31(39)42-32(5,6)7)29(37)33-18-26(36)21-43(40,20-25-16-12-9-13-17-25)41-19-24-14-10-8-11-15-24/h8,10-11,14-15,22-23,25-28,36H,9,12-13,16-21H2,1-7H3,(H,33,37)(H,34,38)(H,35,39). The van der Waals surface area contributed by atoms with E-state index in [4.69, 9.17) is 9.26 Å². The quantitative estimate of drug-likeness (QED) is 0.196. The van der Waals surface area contributed by atoms with Crippen LogP contribution in [0.5, 0.6) is 0 Å². The molecule has 1 aliphatic rings. The van der Waals surface area contributed by atoms with Gasteiger partial charge in [0.2, 0.25) is 19.2 Å². The van der Waals surface area contributed by atoms with Crippen molar-refractivity contribution in [3.05, 3.63) is 35.9 Å². The average Bonchev–Trinajstić information content (AvgIpc) is 2.92. The van der Waals surface area contributed by atoms with E-state index in [2.05, 4.69) is 16.0 Å². The van der Waals surface area contributed by atoms with Crippen molar-refractivity contribution >= 4 is 25.3 Å². The van der Waals surface area contributed by atoms with Crippen LogP contribution in [0.1, 0.15) is 86.1 Å². The molecule has 0 radical (unpaired) electrons. The van der Waals surface area contributed by atoms with Gasteiger partial charge in [-0.15, -0.1) is 0 Å². The number of carbonyl (C=O) groups excluding carboxylic acids is 3. The maximum absolute atomic E-state index is 14.0. The summed E-state index contributed by atoms with van der Waals surface area (Å²) in [5, 5.41) is 19.0. The highest BCUT2D eigenvalue weighted by Gasteiger charge is 2.34. The van der Waals surface area contributed by atoms with Crippen molar-refractivity contribution < 1.29 is 33.3 Å². The maximum atomic E-state index is 14.0. The number of aliphatic hydroxyl groups excluding tert-OH is 1. The van der Waals surface area contributed by atoms with Crippen molar-refractivity contribution in [1.29, 1.82) is 0 Å². The van der Waals surface area contributed by atoms with Crippen LogP contribution in [0.4, 0.5) is 4.79 Å². The molecule has 1 aliphatic carbocycles. The van der Waals surface area contributed by atoms with E-state index in [-0.39, 0.29) is 31.1 Å². The molecule has 244 valence electrons. The molecule has 0 aromatic heterocycles. The molecular formula is C32H54N3O7P. The van der Waals surface area contributed by atoms with Gasteiger partial charge in [0.15, 0.2) is 0 Å². The minimum atomic E-state index is -3.21. The smallest absolute Gasteiger partial charge is 0.408 e. The molecule has 1 aromatic rings. The lowest BCUT2D eigenvalue weighted by Gasteiger charge is -2.29. The fraction of sp³-hybridized carbons (Fsp3) is 0.719. The molecular weight excluding hydrogens is 569 g/mol. The van der Waals surface area contributed by atoms with Gasteiger partial charge in [-0.05, 0) is 56.9 Å². The Morgan fingerprint density at radius 2 is 1.51 bits per heavy atom. The third-order valence-electron chi connectivity index (χ3n) is 7.44. The molecule has 1 aromatic carbocycles. The van der Waals surface area contributed by atoms with Crippen LogP contribution >= 0.6 is 7.37 Å². The zero-order valence-corrected chi connectivity index (χ0v) is 28.0. The highest BCUT2D eigenvalue weighted by atomic mass is 31.2. The predicted octanol–water partition coefficient (Wildman–Crippen LogP) is 5.23. The van der Waals surface area contributed by atoms with Crippen molar-refractivity contribution in [3.63, 3.8) is 0 Å². The van der Waals surface area contributed by atoms with E-state index >= 15 is 0 Å². The fourth-order valence-electron chi connectivity index (χ4n) is 5.17. The van der Waals surface area contributed by atoms with Gasteiger partial charge in [0.1, 0.15) is 17.7 Å². The largest absolute Gasteiger partial charge is 0.444 e. The normalized spacial score (nSPS) is 17.9. The second-order valence-electron chi connectivity index (χ2n) is 13.4. The molecule has 4 N–H and O–H groups in total. The Labute approximate surface area is 257 Å². The molecule has 11 heteroatoms. The Kier molecular flexibility index (Phi) is 14.7. The predicted molar refractivity (Wildman–Crippen MR) is 169 cm³/mol. The number of ether oxygens (including phenoxy) is 1. The summed E-state index contributed by atoms with van der Waals surface area (Å²) in [6.45, 7) is 12.4. The molecule has 10 nitrogen and oxygen atoms in total. The summed E-state index contributed by atoms with van der Waals surface area (Å²) in [5.41, 5.74) is 0.182. The molecule has 0 heterocycles. The van der Waals surface area contributed by atoms with E-state index in [1.54, 1.807) is 48.5 Å². The van der Waals surface area contributed by atoms with Crippen molar-refractivity contribution in [1.82, 2.24) is 16.0 Å². The Bertz CT molecular complexity index is 1070. The van der Waals surface area contributed by atoms with Gasteiger partial charge < -0.3 is 30.3 Å². The average molecular weight is 624 g/mol. The van der Waals surface area contributed by atoms with Crippen LogP contribution in [0.25, 0.3) is 0 Å². The van der Waals surface area contributed by atoms with E-state index in [0.717, 1.165) is 31.2 Å². The molecule has 2 rings (SSSR count). The number of hydrogen-bond acceptors (Lipinski definition) is 7. The first-order chi connectivity index (χ1) is 20.1. The van der Waals surface area contributed by atoms with Gasteiger partial charge in [-0.3, -0.25) is 14.2 Å². The number of carbonyl (C=O) groups is 3. The van der Waals surface area contributed by atoms with Gasteiger partial charge in [0, 0.05) is 12.7 Å². The van der Waals surface area contributed by atoms with Crippen LogP contribution in [0, 0.1) is 17.8 Å². The summed E-state index contributed by atoms with van der Waals surface area (Å²) in [7, 11) is -3.21. The summed E-state index contributed by atoms with van der Waals surface area (Å²) in [6.07, 6.45) is 3.94. The molecule has 0 bridgehead atoms. The van der Waals surface area contributed by atoms with Crippen molar-refractivity contribution in [2.24, 2.45) is 17.8 Å². The summed E-state index contributed by atoms with van der Waals surface area (Å²) in [6, 6.07) is 7.70. The number of nitrogens with one attached hydrogen (secondary N) is 3. The molecule has 0 spiro atoms.